The van der Waals surface area contributed by atoms with Crippen LogP contribution in [0.3, 0.4) is 0 Å². The van der Waals surface area contributed by atoms with E-state index in [9.17, 15) is 8.42 Å². The molecule has 1 heterocycles. The van der Waals surface area contributed by atoms with Crippen LogP contribution in [0.25, 0.3) is 0 Å². The van der Waals surface area contributed by atoms with Gasteiger partial charge >= 0.3 is 0 Å². The maximum absolute atomic E-state index is 12.1. The number of hydrogen-bond donors (Lipinski definition) is 1. The van der Waals surface area contributed by atoms with E-state index < -0.39 is 10.0 Å². The van der Waals surface area contributed by atoms with E-state index in [1.807, 2.05) is 6.07 Å². The Morgan fingerprint density at radius 3 is 2.35 bits per heavy atom. The van der Waals surface area contributed by atoms with E-state index in [-0.39, 0.29) is 4.21 Å². The van der Waals surface area contributed by atoms with E-state index in [4.69, 9.17) is 0 Å². The van der Waals surface area contributed by atoms with Crippen LogP contribution in [0.2, 0.25) is 0 Å². The summed E-state index contributed by atoms with van der Waals surface area (Å²) in [5, 5.41) is 1.72. The van der Waals surface area contributed by atoms with Gasteiger partial charge in [0.15, 0.2) is 4.21 Å². The van der Waals surface area contributed by atoms with Gasteiger partial charge in [-0.25, -0.2) is 8.42 Å². The lowest BCUT2D eigenvalue weighted by Crippen LogP contribution is -2.12. The first-order valence-electron chi connectivity index (χ1n) is 4.51. The Morgan fingerprint density at radius 1 is 1.06 bits per heavy atom. The smallest absolute Gasteiger partial charge is 0.272 e. The van der Waals surface area contributed by atoms with Crippen LogP contribution in [0.4, 0.5) is 5.69 Å². The molecule has 0 fully saturated rings. The molecule has 7 heteroatoms. The van der Waals surface area contributed by atoms with Crippen molar-refractivity contribution in [1.29, 1.82) is 0 Å². The number of benzene rings is 1. The Hall–Kier alpha value is -0.370. The quantitative estimate of drug-likeness (QED) is 0.849. The van der Waals surface area contributed by atoms with Crippen molar-refractivity contribution in [2.45, 2.75) is 4.21 Å². The van der Waals surface area contributed by atoms with Crippen LogP contribution in [-0.2, 0) is 10.0 Å². The van der Waals surface area contributed by atoms with E-state index in [0.717, 1.165) is 0 Å². The van der Waals surface area contributed by atoms with E-state index in [0.29, 0.717) is 14.6 Å². The van der Waals surface area contributed by atoms with Gasteiger partial charge in [-0.3, -0.25) is 4.72 Å². The van der Waals surface area contributed by atoms with E-state index in [1.165, 1.54) is 11.3 Å². The fraction of sp³-hybridized carbons (Fsp3) is 0. The fourth-order valence-electron chi connectivity index (χ4n) is 1.21. The van der Waals surface area contributed by atoms with Crippen LogP contribution < -0.4 is 4.72 Å². The molecule has 0 aliphatic carbocycles. The largest absolute Gasteiger partial charge is 0.278 e. The molecule has 1 N–H and O–H groups in total. The molecule has 0 unspecified atom stereocenters. The molecule has 2 aromatic rings. The summed E-state index contributed by atoms with van der Waals surface area (Å²) in [6.45, 7) is 0. The van der Waals surface area contributed by atoms with Gasteiger partial charge in [0.2, 0.25) is 0 Å². The molecule has 17 heavy (non-hydrogen) atoms. The second-order valence-corrected chi connectivity index (χ2v) is 7.64. The lowest BCUT2D eigenvalue weighted by molar-refractivity contribution is 0.603. The van der Waals surface area contributed by atoms with Crippen LogP contribution in [0, 0.1) is 0 Å². The predicted molar refractivity (Wildman–Crippen MR) is 77.0 cm³/mol. The lowest BCUT2D eigenvalue weighted by atomic mass is 10.3. The Balaban J connectivity index is 2.37. The first-order chi connectivity index (χ1) is 8.00. The average Bonchev–Trinajstić information content (AvgIpc) is 2.68. The van der Waals surface area contributed by atoms with Gasteiger partial charge in [0.25, 0.3) is 10.0 Å². The molecule has 1 aromatic carbocycles. The number of anilines is 1. The third-order valence-corrected chi connectivity index (χ3v) is 6.67. The monoisotopic (exact) mass is 395 g/mol. The van der Waals surface area contributed by atoms with Crippen LogP contribution >= 0.6 is 43.2 Å². The van der Waals surface area contributed by atoms with Crippen molar-refractivity contribution in [3.8, 4) is 0 Å². The SMILES string of the molecule is O=S(=O)(Nc1ccccc1Br)c1sccc1Br. The van der Waals surface area contributed by atoms with Crippen LogP contribution in [0.15, 0.2) is 48.9 Å². The number of rotatable bonds is 3. The number of para-hydroxylation sites is 1. The van der Waals surface area contributed by atoms with Gasteiger partial charge in [-0.1, -0.05) is 12.1 Å². The summed E-state index contributed by atoms with van der Waals surface area (Å²) in [5.74, 6) is 0. The summed E-state index contributed by atoms with van der Waals surface area (Å²) >= 11 is 7.68. The Morgan fingerprint density at radius 2 is 1.76 bits per heavy atom. The number of sulfonamides is 1. The summed E-state index contributed by atoms with van der Waals surface area (Å²) in [7, 11) is -3.53. The molecule has 0 saturated heterocycles. The second-order valence-electron chi connectivity index (χ2n) is 3.14. The van der Waals surface area contributed by atoms with Gasteiger partial charge in [0, 0.05) is 8.95 Å². The third kappa shape index (κ3) is 2.90. The van der Waals surface area contributed by atoms with Crippen molar-refractivity contribution in [3.05, 3.63) is 44.7 Å². The second kappa shape index (κ2) is 5.09. The Bertz CT molecular complexity index is 637. The zero-order valence-electron chi connectivity index (χ0n) is 8.35. The summed E-state index contributed by atoms with van der Waals surface area (Å²) in [4.78, 5) is 0. The zero-order chi connectivity index (χ0) is 12.5. The molecule has 0 radical (unpaired) electrons. The molecule has 0 bridgehead atoms. The van der Waals surface area contributed by atoms with Crippen molar-refractivity contribution in [1.82, 2.24) is 0 Å². The van der Waals surface area contributed by atoms with Crippen LogP contribution in [0.1, 0.15) is 0 Å². The lowest BCUT2D eigenvalue weighted by Gasteiger charge is -2.08. The third-order valence-electron chi connectivity index (χ3n) is 1.95. The molecule has 0 aliphatic heterocycles. The molecule has 0 saturated carbocycles. The van der Waals surface area contributed by atoms with Crippen molar-refractivity contribution in [2.75, 3.05) is 4.72 Å². The Kier molecular flexibility index (Phi) is 3.92. The molecule has 0 aliphatic rings. The normalized spacial score (nSPS) is 11.4. The first kappa shape index (κ1) is 13.1. The van der Waals surface area contributed by atoms with E-state index >= 15 is 0 Å². The molecular weight excluding hydrogens is 390 g/mol. The maximum Gasteiger partial charge on any atom is 0.272 e. The number of nitrogens with one attached hydrogen (secondary N) is 1. The highest BCUT2D eigenvalue weighted by Crippen LogP contribution is 2.31. The van der Waals surface area contributed by atoms with Crippen LogP contribution in [0.5, 0.6) is 0 Å². The van der Waals surface area contributed by atoms with E-state index in [1.54, 1.807) is 29.6 Å². The first-order valence-corrected chi connectivity index (χ1v) is 8.46. The predicted octanol–water partition coefficient (Wildman–Crippen LogP) is 4.07. The van der Waals surface area contributed by atoms with Gasteiger partial charge in [-0.15, -0.1) is 11.3 Å². The number of halogens is 2. The minimum absolute atomic E-state index is 0.272. The molecule has 1 aromatic heterocycles. The molecular formula is C10H7Br2NO2S2. The molecule has 0 amide bonds. The maximum atomic E-state index is 12.1. The molecule has 2 rings (SSSR count). The summed E-state index contributed by atoms with van der Waals surface area (Å²) in [5.41, 5.74) is 0.521. The van der Waals surface area contributed by atoms with Crippen LogP contribution in [-0.4, -0.2) is 8.42 Å². The summed E-state index contributed by atoms with van der Waals surface area (Å²) < 4.78 is 28.3. The topological polar surface area (TPSA) is 46.2 Å². The summed E-state index contributed by atoms with van der Waals surface area (Å²) in [6.07, 6.45) is 0. The average molecular weight is 397 g/mol. The van der Waals surface area contributed by atoms with E-state index in [2.05, 4.69) is 36.6 Å². The van der Waals surface area contributed by atoms with Gasteiger partial charge in [-0.05, 0) is 55.4 Å². The summed E-state index contributed by atoms with van der Waals surface area (Å²) in [6, 6.07) is 8.78. The van der Waals surface area contributed by atoms with Gasteiger partial charge < -0.3 is 0 Å². The van der Waals surface area contributed by atoms with Gasteiger partial charge in [-0.2, -0.15) is 0 Å². The van der Waals surface area contributed by atoms with Crippen molar-refractivity contribution in [3.63, 3.8) is 0 Å². The van der Waals surface area contributed by atoms with Crippen molar-refractivity contribution < 1.29 is 8.42 Å². The minimum atomic E-state index is -3.53. The standard InChI is InChI=1S/C10H7Br2NO2S2/c11-7-3-1-2-4-9(7)13-17(14,15)10-8(12)5-6-16-10/h1-6,13H. The minimum Gasteiger partial charge on any atom is -0.278 e. The molecule has 0 atom stereocenters. The number of thiophene rings is 1. The zero-order valence-corrected chi connectivity index (χ0v) is 13.2. The highest BCUT2D eigenvalue weighted by Gasteiger charge is 2.19. The van der Waals surface area contributed by atoms with Gasteiger partial charge in [0.05, 0.1) is 5.69 Å². The van der Waals surface area contributed by atoms with Crippen molar-refractivity contribution in [2.24, 2.45) is 0 Å². The molecule has 0 spiro atoms. The fourth-order valence-corrected chi connectivity index (χ4v) is 5.14. The number of hydrogen-bond acceptors (Lipinski definition) is 3. The van der Waals surface area contributed by atoms with Crippen molar-refractivity contribution >= 4 is 58.9 Å². The molecule has 90 valence electrons. The highest BCUT2D eigenvalue weighted by molar-refractivity contribution is 9.11. The Labute approximate surface area is 120 Å². The highest BCUT2D eigenvalue weighted by atomic mass is 79.9. The molecule has 3 nitrogen and oxygen atoms in total. The van der Waals surface area contributed by atoms with Gasteiger partial charge in [0.1, 0.15) is 0 Å².